The molecule has 3 heterocycles. The second-order valence-electron chi connectivity index (χ2n) is 7.30. The highest BCUT2D eigenvalue weighted by molar-refractivity contribution is 6.30. The zero-order valence-electron chi connectivity index (χ0n) is 17.2. The Morgan fingerprint density at radius 3 is 2.53 bits per heavy atom. The number of para-hydroxylation sites is 1. The molecule has 6 nitrogen and oxygen atoms in total. The average Bonchev–Trinajstić information content (AvgIpc) is 3.19. The van der Waals surface area contributed by atoms with Crippen molar-refractivity contribution in [3.8, 4) is 17.1 Å². The number of pyridine rings is 2. The number of carbonyl (C=O) groups excluding carboxylic acids is 1. The summed E-state index contributed by atoms with van der Waals surface area (Å²) in [5.74, 6) is 0.911. The van der Waals surface area contributed by atoms with Crippen LogP contribution in [0.3, 0.4) is 0 Å². The van der Waals surface area contributed by atoms with Gasteiger partial charge in [0.15, 0.2) is 5.82 Å². The molecule has 5 rings (SSSR count). The fourth-order valence-corrected chi connectivity index (χ4v) is 3.68. The minimum Gasteiger partial charge on any atom is -0.306 e. The number of halogens is 1. The van der Waals surface area contributed by atoms with Crippen molar-refractivity contribution < 1.29 is 4.79 Å². The smallest absolute Gasteiger partial charge is 0.257 e. The molecule has 0 atom stereocenters. The van der Waals surface area contributed by atoms with Gasteiger partial charge in [0.25, 0.3) is 5.91 Å². The van der Waals surface area contributed by atoms with Gasteiger partial charge in [-0.05, 0) is 43.3 Å². The Labute approximate surface area is 189 Å². The van der Waals surface area contributed by atoms with E-state index in [-0.39, 0.29) is 5.91 Å². The van der Waals surface area contributed by atoms with Gasteiger partial charge in [0.1, 0.15) is 5.82 Å². The van der Waals surface area contributed by atoms with Crippen molar-refractivity contribution in [1.29, 1.82) is 0 Å². The minimum absolute atomic E-state index is 0.254. The first-order valence-corrected chi connectivity index (χ1v) is 10.4. The number of carbonyl (C=O) groups is 1. The summed E-state index contributed by atoms with van der Waals surface area (Å²) < 4.78 is 1.62. The first-order chi connectivity index (χ1) is 15.6. The molecule has 156 valence electrons. The molecule has 1 N–H and O–H groups in total. The Morgan fingerprint density at radius 2 is 1.75 bits per heavy atom. The van der Waals surface area contributed by atoms with Gasteiger partial charge in [-0.25, -0.2) is 9.97 Å². The maximum absolute atomic E-state index is 13.4. The molecule has 0 bridgehead atoms. The number of benzene rings is 2. The van der Waals surface area contributed by atoms with Gasteiger partial charge in [0, 0.05) is 28.2 Å². The Hall–Kier alpha value is -4.03. The van der Waals surface area contributed by atoms with Gasteiger partial charge in [-0.2, -0.15) is 9.78 Å². The highest BCUT2D eigenvalue weighted by Crippen LogP contribution is 2.27. The maximum atomic E-state index is 13.4. The van der Waals surface area contributed by atoms with Gasteiger partial charge in [0.2, 0.25) is 0 Å². The topological polar surface area (TPSA) is 72.7 Å². The zero-order chi connectivity index (χ0) is 22.1. The third kappa shape index (κ3) is 3.84. The van der Waals surface area contributed by atoms with E-state index in [9.17, 15) is 4.79 Å². The molecule has 0 saturated heterocycles. The molecule has 32 heavy (non-hydrogen) atoms. The molecule has 1 amide bonds. The van der Waals surface area contributed by atoms with E-state index in [0.29, 0.717) is 27.9 Å². The summed E-state index contributed by atoms with van der Waals surface area (Å²) in [4.78, 5) is 22.5. The number of hydrogen-bond donors (Lipinski definition) is 1. The van der Waals surface area contributed by atoms with Gasteiger partial charge >= 0.3 is 0 Å². The van der Waals surface area contributed by atoms with Crippen molar-refractivity contribution in [3.05, 3.63) is 101 Å². The Kier molecular flexibility index (Phi) is 5.13. The fraction of sp³-hybridized carbons (Fsp3) is 0.0400. The number of aryl methyl sites for hydroxylation is 1. The number of amides is 1. The van der Waals surface area contributed by atoms with Crippen molar-refractivity contribution >= 4 is 34.2 Å². The van der Waals surface area contributed by atoms with Crippen LogP contribution in [-0.4, -0.2) is 25.7 Å². The molecule has 0 aliphatic heterocycles. The molecular weight excluding hydrogens is 422 g/mol. The van der Waals surface area contributed by atoms with Gasteiger partial charge in [-0.15, -0.1) is 0 Å². The number of rotatable bonds is 4. The van der Waals surface area contributed by atoms with Crippen molar-refractivity contribution in [2.45, 2.75) is 6.92 Å². The van der Waals surface area contributed by atoms with E-state index in [4.69, 9.17) is 16.6 Å². The molecule has 0 radical (unpaired) electrons. The summed E-state index contributed by atoms with van der Waals surface area (Å²) >= 11 is 6.04. The van der Waals surface area contributed by atoms with Crippen LogP contribution in [0.15, 0.2) is 85.1 Å². The first-order valence-electron chi connectivity index (χ1n) is 10.0. The lowest BCUT2D eigenvalue weighted by Crippen LogP contribution is -2.16. The van der Waals surface area contributed by atoms with Crippen molar-refractivity contribution in [2.75, 3.05) is 5.32 Å². The highest BCUT2D eigenvalue weighted by Gasteiger charge is 2.17. The predicted octanol–water partition coefficient (Wildman–Crippen LogP) is 5.70. The van der Waals surface area contributed by atoms with Crippen LogP contribution in [0.2, 0.25) is 5.02 Å². The fourth-order valence-electron chi connectivity index (χ4n) is 3.56. The number of nitrogens with one attached hydrogen (secondary N) is 1. The second kappa shape index (κ2) is 8.24. The Bertz CT molecular complexity index is 1430. The summed E-state index contributed by atoms with van der Waals surface area (Å²) in [6.45, 7) is 1.87. The standard InChI is InChI=1S/C25H18ClN5O/c1-16-14-24(31(30-16)23-8-4-5-13-27-23)29-25(32)20-15-22(17-9-11-18(26)12-10-17)28-21-7-3-2-6-19(20)21/h2-15H,1H3,(H,29,32). The number of anilines is 1. The molecular formula is C25H18ClN5O. The lowest BCUT2D eigenvalue weighted by molar-refractivity contribution is 0.102. The van der Waals surface area contributed by atoms with Crippen LogP contribution in [0.25, 0.3) is 28.0 Å². The number of hydrogen-bond acceptors (Lipinski definition) is 4. The summed E-state index contributed by atoms with van der Waals surface area (Å²) in [5.41, 5.74) is 3.60. The molecule has 3 aromatic heterocycles. The lowest BCUT2D eigenvalue weighted by atomic mass is 10.0. The lowest BCUT2D eigenvalue weighted by Gasteiger charge is -2.12. The normalized spacial score (nSPS) is 10.9. The van der Waals surface area contributed by atoms with Crippen LogP contribution in [0, 0.1) is 6.92 Å². The van der Waals surface area contributed by atoms with Gasteiger partial charge in [-0.3, -0.25) is 4.79 Å². The van der Waals surface area contributed by atoms with Crippen LogP contribution in [0.5, 0.6) is 0 Å². The van der Waals surface area contributed by atoms with E-state index in [1.807, 2.05) is 79.7 Å². The van der Waals surface area contributed by atoms with E-state index in [1.54, 1.807) is 16.9 Å². The van der Waals surface area contributed by atoms with Crippen LogP contribution in [-0.2, 0) is 0 Å². The third-order valence-corrected chi connectivity index (χ3v) is 5.29. The van der Waals surface area contributed by atoms with E-state index in [1.165, 1.54) is 0 Å². The molecule has 0 fully saturated rings. The molecule has 0 saturated carbocycles. The van der Waals surface area contributed by atoms with Crippen LogP contribution < -0.4 is 5.32 Å². The quantitative estimate of drug-likeness (QED) is 0.390. The van der Waals surface area contributed by atoms with Crippen LogP contribution in [0.4, 0.5) is 5.82 Å². The number of nitrogens with zero attached hydrogens (tertiary/aromatic N) is 4. The Morgan fingerprint density at radius 1 is 0.969 bits per heavy atom. The van der Waals surface area contributed by atoms with Crippen molar-refractivity contribution in [3.63, 3.8) is 0 Å². The zero-order valence-corrected chi connectivity index (χ0v) is 17.9. The molecule has 0 aliphatic rings. The maximum Gasteiger partial charge on any atom is 0.257 e. The molecule has 7 heteroatoms. The van der Waals surface area contributed by atoms with Gasteiger partial charge in [-0.1, -0.05) is 48.0 Å². The highest BCUT2D eigenvalue weighted by atomic mass is 35.5. The van der Waals surface area contributed by atoms with Crippen LogP contribution in [0.1, 0.15) is 16.1 Å². The summed E-state index contributed by atoms with van der Waals surface area (Å²) in [7, 11) is 0. The minimum atomic E-state index is -0.254. The van der Waals surface area contributed by atoms with Crippen LogP contribution >= 0.6 is 11.6 Å². The number of fused-ring (bicyclic) bond motifs is 1. The summed E-state index contributed by atoms with van der Waals surface area (Å²) in [6, 6.07) is 24.1. The number of aromatic nitrogens is 4. The summed E-state index contributed by atoms with van der Waals surface area (Å²) in [5, 5.41) is 8.89. The van der Waals surface area contributed by atoms with E-state index in [2.05, 4.69) is 15.4 Å². The van der Waals surface area contributed by atoms with Gasteiger partial charge < -0.3 is 5.32 Å². The van der Waals surface area contributed by atoms with E-state index >= 15 is 0 Å². The molecule has 2 aromatic carbocycles. The Balaban J connectivity index is 1.58. The largest absolute Gasteiger partial charge is 0.306 e. The van der Waals surface area contributed by atoms with E-state index < -0.39 is 0 Å². The van der Waals surface area contributed by atoms with Gasteiger partial charge in [0.05, 0.1) is 22.5 Å². The second-order valence-corrected chi connectivity index (χ2v) is 7.74. The third-order valence-electron chi connectivity index (χ3n) is 5.04. The average molecular weight is 440 g/mol. The summed E-state index contributed by atoms with van der Waals surface area (Å²) in [6.07, 6.45) is 1.69. The first kappa shape index (κ1) is 19.9. The molecule has 0 aliphatic carbocycles. The van der Waals surface area contributed by atoms with Crippen molar-refractivity contribution in [1.82, 2.24) is 19.7 Å². The van der Waals surface area contributed by atoms with E-state index in [0.717, 1.165) is 22.2 Å². The van der Waals surface area contributed by atoms with Crippen molar-refractivity contribution in [2.24, 2.45) is 0 Å². The predicted molar refractivity (Wildman–Crippen MR) is 126 cm³/mol. The molecule has 0 unspecified atom stereocenters. The SMILES string of the molecule is Cc1cc(NC(=O)c2cc(-c3ccc(Cl)cc3)nc3ccccc23)n(-c2ccccn2)n1. The molecule has 5 aromatic rings. The monoisotopic (exact) mass is 439 g/mol. The molecule has 0 spiro atoms.